The van der Waals surface area contributed by atoms with Crippen LogP contribution in [0.5, 0.6) is 5.75 Å². The third kappa shape index (κ3) is 5.95. The molecule has 0 spiro atoms. The second-order valence-corrected chi connectivity index (χ2v) is 13.1. The second kappa shape index (κ2) is 12.7. The predicted molar refractivity (Wildman–Crippen MR) is 193 cm³/mol. The van der Waals surface area contributed by atoms with E-state index in [-0.39, 0.29) is 36.2 Å². The molecule has 0 radical (unpaired) electrons. The number of allylic oxidation sites excluding steroid dienone is 7. The molecular formula is C41H36N2O6. The van der Waals surface area contributed by atoms with Crippen LogP contribution >= 0.6 is 0 Å². The van der Waals surface area contributed by atoms with E-state index in [1.54, 1.807) is 6.08 Å². The fraction of sp³-hybridized carbons (Fsp3) is 0.220. The van der Waals surface area contributed by atoms with Crippen molar-refractivity contribution < 1.29 is 24.0 Å². The molecule has 1 aliphatic carbocycles. The Morgan fingerprint density at radius 1 is 0.918 bits per heavy atom. The van der Waals surface area contributed by atoms with Crippen molar-refractivity contribution in [2.75, 3.05) is 25.2 Å². The monoisotopic (exact) mass is 652 g/mol. The predicted octanol–water partition coefficient (Wildman–Crippen LogP) is 8.37. The van der Waals surface area contributed by atoms with Crippen LogP contribution in [-0.4, -0.2) is 36.9 Å². The normalized spacial score (nSPS) is 17.0. The average Bonchev–Trinajstić information content (AvgIpc) is 3.28. The molecule has 0 aromatic heterocycles. The SMILES string of the molecule is CN1/C(=C/C=C2/C=C([N+](=O)[O-])C=CC2=O)C(C)(C)c2cc(OCCOC(=O)CCCc3ccc4ccc5cccc6ccc3c4c56)ccc21. The van der Waals surface area contributed by atoms with E-state index in [4.69, 9.17) is 9.47 Å². The van der Waals surface area contributed by atoms with Gasteiger partial charge in [0, 0.05) is 48.0 Å². The van der Waals surface area contributed by atoms with E-state index in [0.29, 0.717) is 18.6 Å². The lowest BCUT2D eigenvalue weighted by molar-refractivity contribution is -0.419. The number of benzene rings is 5. The number of hydrogen-bond donors (Lipinski definition) is 0. The molecule has 0 saturated heterocycles. The van der Waals surface area contributed by atoms with E-state index in [2.05, 4.69) is 68.4 Å². The first-order valence-electron chi connectivity index (χ1n) is 16.4. The van der Waals surface area contributed by atoms with Gasteiger partial charge in [-0.2, -0.15) is 0 Å². The van der Waals surface area contributed by atoms with Crippen molar-refractivity contribution in [3.63, 3.8) is 0 Å². The number of aryl methyl sites for hydroxylation is 1. The van der Waals surface area contributed by atoms with E-state index in [1.807, 2.05) is 36.2 Å². The molecule has 1 aliphatic heterocycles. The van der Waals surface area contributed by atoms with E-state index in [1.165, 1.54) is 56.1 Å². The topological polar surface area (TPSA) is 99.0 Å². The van der Waals surface area contributed by atoms with Gasteiger partial charge in [0.2, 0.25) is 0 Å². The number of nitrogens with zero attached hydrogens (tertiary/aromatic N) is 2. The van der Waals surface area contributed by atoms with Crippen LogP contribution in [0.25, 0.3) is 32.3 Å². The first kappa shape index (κ1) is 31.8. The molecule has 49 heavy (non-hydrogen) atoms. The van der Waals surface area contributed by atoms with Crippen molar-refractivity contribution in [1.29, 1.82) is 0 Å². The lowest BCUT2D eigenvalue weighted by Crippen LogP contribution is -2.22. The smallest absolute Gasteiger partial charge is 0.305 e. The lowest BCUT2D eigenvalue weighted by atomic mass is 9.83. The molecule has 0 fully saturated rings. The summed E-state index contributed by atoms with van der Waals surface area (Å²) in [6.45, 7) is 4.54. The van der Waals surface area contributed by atoms with Crippen LogP contribution in [0.1, 0.15) is 37.8 Å². The standard InChI is InChI=1S/C41H36N2O6/c1-41(2)34-25-32(17-19-35(34)42(3)37(41)21-15-30-24-31(43(46)47)16-20-36(30)44)48-22-23-49-38(45)9-5-6-26-10-11-29-13-12-27-7-4-8-28-14-18-33(26)40(29)39(27)28/h4,7-8,10-21,24-25H,5-6,9,22-23H2,1-3H3/b30-15-,37-21+. The maximum Gasteiger partial charge on any atom is 0.305 e. The number of carbonyl (C=O) groups is 2. The molecule has 5 aromatic rings. The molecule has 0 amide bonds. The molecule has 0 saturated carbocycles. The molecule has 8 nitrogen and oxygen atoms in total. The van der Waals surface area contributed by atoms with E-state index in [0.717, 1.165) is 23.4 Å². The van der Waals surface area contributed by atoms with Gasteiger partial charge < -0.3 is 14.4 Å². The highest BCUT2D eigenvalue weighted by atomic mass is 16.6. The summed E-state index contributed by atoms with van der Waals surface area (Å²) in [7, 11) is 1.95. The molecule has 0 bridgehead atoms. The zero-order valence-corrected chi connectivity index (χ0v) is 27.7. The molecule has 0 atom stereocenters. The van der Waals surface area contributed by atoms with Gasteiger partial charge in [0.15, 0.2) is 5.78 Å². The second-order valence-electron chi connectivity index (χ2n) is 13.1. The summed E-state index contributed by atoms with van der Waals surface area (Å²) in [5.74, 6) is 0.142. The van der Waals surface area contributed by atoms with Gasteiger partial charge in [-0.25, -0.2) is 0 Å². The zero-order valence-electron chi connectivity index (χ0n) is 27.7. The van der Waals surface area contributed by atoms with Gasteiger partial charge in [-0.3, -0.25) is 19.7 Å². The van der Waals surface area contributed by atoms with Crippen molar-refractivity contribution in [2.45, 2.75) is 38.5 Å². The largest absolute Gasteiger partial charge is 0.490 e. The number of anilines is 1. The number of fused-ring (bicyclic) bond motifs is 1. The van der Waals surface area contributed by atoms with Crippen molar-refractivity contribution >= 4 is 49.8 Å². The summed E-state index contributed by atoms with van der Waals surface area (Å²) < 4.78 is 11.5. The van der Waals surface area contributed by atoms with Gasteiger partial charge in [0.1, 0.15) is 19.0 Å². The van der Waals surface area contributed by atoms with Crippen molar-refractivity contribution in [3.8, 4) is 5.75 Å². The highest BCUT2D eigenvalue weighted by molar-refractivity contribution is 6.23. The summed E-state index contributed by atoms with van der Waals surface area (Å²) in [6, 6.07) is 25.3. The molecule has 2 aliphatic rings. The van der Waals surface area contributed by atoms with Gasteiger partial charge >= 0.3 is 5.97 Å². The minimum absolute atomic E-state index is 0.126. The number of rotatable bonds is 10. The van der Waals surface area contributed by atoms with Crippen molar-refractivity contribution in [3.05, 3.63) is 141 Å². The van der Waals surface area contributed by atoms with Crippen LogP contribution in [0, 0.1) is 10.1 Å². The number of carbonyl (C=O) groups excluding carboxylic acids is 2. The van der Waals surface area contributed by atoms with Crippen molar-refractivity contribution in [2.24, 2.45) is 0 Å². The maximum atomic E-state index is 12.6. The summed E-state index contributed by atoms with van der Waals surface area (Å²) in [6.07, 6.45) is 9.01. The highest BCUT2D eigenvalue weighted by Crippen LogP contribution is 2.48. The minimum atomic E-state index is -0.510. The van der Waals surface area contributed by atoms with E-state index >= 15 is 0 Å². The Morgan fingerprint density at radius 3 is 2.43 bits per heavy atom. The molecule has 7 rings (SSSR count). The van der Waals surface area contributed by atoms with Gasteiger partial charge in [0.05, 0.1) is 4.92 Å². The van der Waals surface area contributed by atoms with Gasteiger partial charge in [0.25, 0.3) is 5.70 Å². The first-order chi connectivity index (χ1) is 23.6. The molecule has 8 heteroatoms. The Bertz CT molecular complexity index is 2260. The quantitative estimate of drug-likeness (QED) is 0.0373. The van der Waals surface area contributed by atoms with Gasteiger partial charge in [-0.1, -0.05) is 68.4 Å². The third-order valence-corrected chi connectivity index (χ3v) is 9.69. The number of likely N-dealkylation sites (N-methyl/N-ethyl adjacent to an activating group) is 1. The van der Waals surface area contributed by atoms with Crippen LogP contribution in [0.2, 0.25) is 0 Å². The van der Waals surface area contributed by atoms with Gasteiger partial charge in [-0.15, -0.1) is 0 Å². The summed E-state index contributed by atoms with van der Waals surface area (Å²) >= 11 is 0. The maximum absolute atomic E-state index is 12.6. The fourth-order valence-electron chi connectivity index (χ4n) is 7.18. The Morgan fingerprint density at radius 2 is 1.65 bits per heavy atom. The first-order valence-corrected chi connectivity index (χ1v) is 16.4. The molecule has 5 aromatic carbocycles. The third-order valence-electron chi connectivity index (χ3n) is 9.69. The Kier molecular flexibility index (Phi) is 8.24. The number of hydrogen-bond acceptors (Lipinski definition) is 7. The minimum Gasteiger partial charge on any atom is -0.490 e. The Hall–Kier alpha value is -5.76. The summed E-state index contributed by atoms with van der Waals surface area (Å²) in [4.78, 5) is 37.6. The Balaban J connectivity index is 0.934. The molecular weight excluding hydrogens is 616 g/mol. The summed E-state index contributed by atoms with van der Waals surface area (Å²) in [5.41, 5.74) is 3.91. The van der Waals surface area contributed by atoms with Crippen LogP contribution in [0.3, 0.4) is 0 Å². The van der Waals surface area contributed by atoms with Crippen molar-refractivity contribution in [1.82, 2.24) is 0 Å². The fourth-order valence-corrected chi connectivity index (χ4v) is 7.18. The number of ketones is 1. The number of nitro groups is 1. The highest BCUT2D eigenvalue weighted by Gasteiger charge is 2.38. The average molecular weight is 653 g/mol. The molecule has 246 valence electrons. The molecule has 0 N–H and O–H groups in total. The molecule has 1 heterocycles. The van der Waals surface area contributed by atoms with Crippen LogP contribution in [0.4, 0.5) is 5.69 Å². The van der Waals surface area contributed by atoms with Crippen LogP contribution < -0.4 is 9.64 Å². The number of ether oxygens (including phenoxy) is 2. The zero-order chi connectivity index (χ0) is 34.3. The number of esters is 1. The van der Waals surface area contributed by atoms with Crippen LogP contribution in [-0.2, 0) is 26.2 Å². The van der Waals surface area contributed by atoms with E-state index in [9.17, 15) is 19.7 Å². The van der Waals surface area contributed by atoms with Crippen LogP contribution in [0.15, 0.2) is 120 Å². The Labute approximate surface area is 284 Å². The summed E-state index contributed by atoms with van der Waals surface area (Å²) in [5, 5.41) is 18.7. The lowest BCUT2D eigenvalue weighted by Gasteiger charge is -2.24. The molecule has 0 unspecified atom stereocenters. The van der Waals surface area contributed by atoms with E-state index < -0.39 is 10.3 Å². The van der Waals surface area contributed by atoms with Gasteiger partial charge in [-0.05, 0) is 92.7 Å².